The second kappa shape index (κ2) is 5.39. The molecule has 0 saturated heterocycles. The first-order chi connectivity index (χ1) is 10.8. The minimum absolute atomic E-state index is 1.07. The van der Waals surface area contributed by atoms with Crippen molar-refractivity contribution in [3.8, 4) is 21.7 Å². The highest BCUT2D eigenvalue weighted by molar-refractivity contribution is 7.21. The van der Waals surface area contributed by atoms with Crippen molar-refractivity contribution in [2.24, 2.45) is 0 Å². The van der Waals surface area contributed by atoms with Crippen LogP contribution in [0, 0.1) is 6.92 Å². The lowest BCUT2D eigenvalue weighted by Gasteiger charge is -2.06. The molecular weight excluding hydrogens is 286 g/mol. The molecule has 2 heteroatoms. The number of hydrogen-bond donors (Lipinski definition) is 0. The zero-order chi connectivity index (χ0) is 14.9. The Balaban J connectivity index is 1.74. The zero-order valence-electron chi connectivity index (χ0n) is 12.3. The van der Waals surface area contributed by atoms with Crippen molar-refractivity contribution in [1.29, 1.82) is 0 Å². The maximum Gasteiger partial charge on any atom is 0.124 e. The van der Waals surface area contributed by atoms with Gasteiger partial charge in [-0.05, 0) is 35.7 Å². The predicted octanol–water partition coefficient (Wildman–Crippen LogP) is 5.94. The molecule has 0 spiro atoms. The number of nitrogens with zero attached hydrogens (tertiary/aromatic N) is 1. The largest absolute Gasteiger partial charge is 0.236 e. The van der Waals surface area contributed by atoms with E-state index in [0.717, 1.165) is 10.5 Å². The highest BCUT2D eigenvalue weighted by atomic mass is 32.1. The van der Waals surface area contributed by atoms with Crippen molar-refractivity contribution < 1.29 is 0 Å². The quantitative estimate of drug-likeness (QED) is 0.446. The Morgan fingerprint density at radius 1 is 0.727 bits per heavy atom. The number of para-hydroxylation sites is 1. The van der Waals surface area contributed by atoms with Crippen LogP contribution >= 0.6 is 11.3 Å². The fraction of sp³-hybridized carbons (Fsp3) is 0.0500. The Morgan fingerprint density at radius 3 is 2.18 bits per heavy atom. The van der Waals surface area contributed by atoms with Crippen LogP contribution in [-0.4, -0.2) is 4.98 Å². The maximum atomic E-state index is 4.72. The van der Waals surface area contributed by atoms with E-state index in [4.69, 9.17) is 4.98 Å². The van der Waals surface area contributed by atoms with Crippen LogP contribution in [0.4, 0.5) is 0 Å². The van der Waals surface area contributed by atoms with Gasteiger partial charge in [-0.3, -0.25) is 0 Å². The Bertz CT molecular complexity index is 902. The highest BCUT2D eigenvalue weighted by Gasteiger charge is 2.06. The van der Waals surface area contributed by atoms with Crippen molar-refractivity contribution in [2.45, 2.75) is 6.92 Å². The number of fused-ring (bicyclic) bond motifs is 1. The molecule has 0 saturated carbocycles. The van der Waals surface area contributed by atoms with Crippen LogP contribution in [-0.2, 0) is 0 Å². The summed E-state index contributed by atoms with van der Waals surface area (Å²) in [7, 11) is 0. The fourth-order valence-corrected chi connectivity index (χ4v) is 3.66. The summed E-state index contributed by atoms with van der Waals surface area (Å²) in [5.41, 5.74) is 6.10. The lowest BCUT2D eigenvalue weighted by Crippen LogP contribution is -1.83. The van der Waals surface area contributed by atoms with Crippen LogP contribution in [0.25, 0.3) is 31.9 Å². The third kappa shape index (κ3) is 2.32. The molecule has 0 amide bonds. The van der Waals surface area contributed by atoms with E-state index < -0.39 is 0 Å². The van der Waals surface area contributed by atoms with Gasteiger partial charge in [0.1, 0.15) is 5.01 Å². The molecule has 0 aliphatic carbocycles. The molecule has 1 aromatic heterocycles. The molecule has 0 unspecified atom stereocenters. The number of aryl methyl sites for hydroxylation is 1. The summed E-state index contributed by atoms with van der Waals surface area (Å²) in [5, 5.41) is 1.08. The fourth-order valence-electron chi connectivity index (χ4n) is 2.68. The number of rotatable bonds is 2. The van der Waals surface area contributed by atoms with Gasteiger partial charge < -0.3 is 0 Å². The summed E-state index contributed by atoms with van der Waals surface area (Å²) in [5.74, 6) is 0. The molecule has 0 N–H and O–H groups in total. The number of thiazole rings is 1. The van der Waals surface area contributed by atoms with Gasteiger partial charge in [0.05, 0.1) is 10.2 Å². The molecule has 22 heavy (non-hydrogen) atoms. The standard InChI is InChI=1S/C20H15NS/c1-14-6-2-3-7-17(14)15-10-12-16(13-11-15)20-21-18-8-4-5-9-19(18)22-20/h2-13H,1H3. The van der Waals surface area contributed by atoms with E-state index in [1.54, 1.807) is 11.3 Å². The lowest BCUT2D eigenvalue weighted by atomic mass is 10.00. The monoisotopic (exact) mass is 301 g/mol. The van der Waals surface area contributed by atoms with Crippen LogP contribution in [0.5, 0.6) is 0 Å². The van der Waals surface area contributed by atoms with E-state index in [1.807, 2.05) is 6.07 Å². The first kappa shape index (κ1) is 13.2. The molecule has 0 aliphatic heterocycles. The number of benzene rings is 3. The third-order valence-corrected chi connectivity index (χ3v) is 4.97. The first-order valence-corrected chi connectivity index (χ1v) is 8.15. The molecule has 0 fully saturated rings. The zero-order valence-corrected chi connectivity index (χ0v) is 13.1. The van der Waals surface area contributed by atoms with Gasteiger partial charge in [0.2, 0.25) is 0 Å². The van der Waals surface area contributed by atoms with Gasteiger partial charge >= 0.3 is 0 Å². The normalized spacial score (nSPS) is 11.0. The molecule has 3 aromatic carbocycles. The Morgan fingerprint density at radius 2 is 1.41 bits per heavy atom. The van der Waals surface area contributed by atoms with Crippen LogP contribution in [0.3, 0.4) is 0 Å². The van der Waals surface area contributed by atoms with E-state index in [2.05, 4.69) is 73.7 Å². The van der Waals surface area contributed by atoms with Crippen LogP contribution in [0.15, 0.2) is 72.8 Å². The predicted molar refractivity (Wildman–Crippen MR) is 95.2 cm³/mol. The second-order valence-electron chi connectivity index (χ2n) is 5.38. The molecule has 0 atom stereocenters. The minimum Gasteiger partial charge on any atom is -0.236 e. The van der Waals surface area contributed by atoms with Gasteiger partial charge in [-0.25, -0.2) is 4.98 Å². The third-order valence-electron chi connectivity index (χ3n) is 3.88. The topological polar surface area (TPSA) is 12.9 Å². The van der Waals surface area contributed by atoms with Crippen LogP contribution in [0.2, 0.25) is 0 Å². The molecule has 0 radical (unpaired) electrons. The van der Waals surface area contributed by atoms with Crippen molar-refractivity contribution >= 4 is 21.6 Å². The second-order valence-corrected chi connectivity index (χ2v) is 6.41. The smallest absolute Gasteiger partial charge is 0.124 e. The van der Waals surface area contributed by atoms with Crippen LogP contribution < -0.4 is 0 Å². The van der Waals surface area contributed by atoms with Gasteiger partial charge in [0.25, 0.3) is 0 Å². The average molecular weight is 301 g/mol. The summed E-state index contributed by atoms with van der Waals surface area (Å²) < 4.78 is 1.24. The van der Waals surface area contributed by atoms with E-state index >= 15 is 0 Å². The maximum absolute atomic E-state index is 4.72. The minimum atomic E-state index is 1.07. The first-order valence-electron chi connectivity index (χ1n) is 7.33. The Labute approximate surface area is 133 Å². The Hall–Kier alpha value is -2.45. The lowest BCUT2D eigenvalue weighted by molar-refractivity contribution is 1.45. The molecule has 106 valence electrons. The highest BCUT2D eigenvalue weighted by Crippen LogP contribution is 2.31. The molecular formula is C20H15NS. The van der Waals surface area contributed by atoms with Crippen molar-refractivity contribution in [3.05, 3.63) is 78.4 Å². The molecule has 1 nitrogen and oxygen atoms in total. The summed E-state index contributed by atoms with van der Waals surface area (Å²) >= 11 is 1.74. The van der Waals surface area contributed by atoms with E-state index in [1.165, 1.54) is 27.0 Å². The summed E-state index contributed by atoms with van der Waals surface area (Å²) in [6.45, 7) is 2.15. The summed E-state index contributed by atoms with van der Waals surface area (Å²) in [4.78, 5) is 4.72. The van der Waals surface area contributed by atoms with Gasteiger partial charge in [-0.2, -0.15) is 0 Å². The van der Waals surface area contributed by atoms with E-state index in [-0.39, 0.29) is 0 Å². The number of hydrogen-bond acceptors (Lipinski definition) is 2. The molecule has 1 heterocycles. The van der Waals surface area contributed by atoms with Gasteiger partial charge in [-0.1, -0.05) is 60.7 Å². The molecule has 4 rings (SSSR count). The summed E-state index contributed by atoms with van der Waals surface area (Å²) in [6.07, 6.45) is 0. The van der Waals surface area contributed by atoms with Crippen molar-refractivity contribution in [3.63, 3.8) is 0 Å². The van der Waals surface area contributed by atoms with Gasteiger partial charge in [0.15, 0.2) is 0 Å². The van der Waals surface area contributed by atoms with Gasteiger partial charge in [0, 0.05) is 5.56 Å². The molecule has 0 bridgehead atoms. The van der Waals surface area contributed by atoms with Crippen molar-refractivity contribution in [1.82, 2.24) is 4.98 Å². The number of aromatic nitrogens is 1. The van der Waals surface area contributed by atoms with E-state index in [0.29, 0.717) is 0 Å². The average Bonchev–Trinajstić information content (AvgIpc) is 2.99. The van der Waals surface area contributed by atoms with Crippen molar-refractivity contribution in [2.75, 3.05) is 0 Å². The van der Waals surface area contributed by atoms with Gasteiger partial charge in [-0.15, -0.1) is 11.3 Å². The Kier molecular flexibility index (Phi) is 3.24. The summed E-state index contributed by atoms with van der Waals surface area (Å²) in [6, 6.07) is 25.5. The molecule has 0 aliphatic rings. The molecule has 4 aromatic rings. The SMILES string of the molecule is Cc1ccccc1-c1ccc(-c2nc3ccccc3s2)cc1. The van der Waals surface area contributed by atoms with Crippen LogP contribution in [0.1, 0.15) is 5.56 Å². The van der Waals surface area contributed by atoms with E-state index in [9.17, 15) is 0 Å².